The van der Waals surface area contributed by atoms with E-state index in [1.165, 1.54) is 0 Å². The van der Waals surface area contributed by atoms with Crippen LogP contribution in [0.3, 0.4) is 0 Å². The number of carbonyl (C=O) groups excluding carboxylic acids is 1. The zero-order chi connectivity index (χ0) is 15.4. The predicted octanol–water partition coefficient (Wildman–Crippen LogP) is 2.15. The van der Waals surface area contributed by atoms with Crippen molar-refractivity contribution in [3.8, 4) is 0 Å². The Morgan fingerprint density at radius 1 is 1.43 bits per heavy atom. The Morgan fingerprint density at radius 2 is 2.19 bits per heavy atom. The molecule has 1 heterocycles. The van der Waals surface area contributed by atoms with E-state index in [4.69, 9.17) is 4.74 Å². The van der Waals surface area contributed by atoms with Gasteiger partial charge in [-0.05, 0) is 26.0 Å². The maximum Gasteiger partial charge on any atom is 0.341 e. The van der Waals surface area contributed by atoms with E-state index in [1.807, 2.05) is 37.1 Å². The number of rotatable bonds is 5. The van der Waals surface area contributed by atoms with Gasteiger partial charge in [0.25, 0.3) is 0 Å². The van der Waals surface area contributed by atoms with Crippen LogP contribution in [-0.2, 0) is 4.74 Å². The van der Waals surface area contributed by atoms with Crippen LogP contribution in [-0.4, -0.2) is 42.9 Å². The maximum absolute atomic E-state index is 12.2. The molecule has 2 rings (SSSR count). The number of esters is 1. The number of anilines is 1. The molecule has 0 aliphatic rings. The van der Waals surface area contributed by atoms with Gasteiger partial charge in [0.05, 0.1) is 24.4 Å². The Labute approximate surface area is 124 Å². The average Bonchev–Trinajstić information content (AvgIpc) is 2.46. The van der Waals surface area contributed by atoms with Gasteiger partial charge in [-0.3, -0.25) is 4.98 Å². The van der Waals surface area contributed by atoms with Crippen LogP contribution in [0, 0.1) is 6.92 Å². The molecule has 21 heavy (non-hydrogen) atoms. The minimum Gasteiger partial charge on any atom is -0.462 e. The second kappa shape index (κ2) is 6.54. The van der Waals surface area contributed by atoms with Gasteiger partial charge < -0.3 is 14.7 Å². The second-order valence-electron chi connectivity index (χ2n) is 4.91. The van der Waals surface area contributed by atoms with Crippen LogP contribution in [0.25, 0.3) is 10.9 Å². The van der Waals surface area contributed by atoms with Crippen molar-refractivity contribution < 1.29 is 14.6 Å². The number of likely N-dealkylation sites (N-methyl/N-ethyl adjacent to an activating group) is 1. The third-order valence-corrected chi connectivity index (χ3v) is 3.31. The van der Waals surface area contributed by atoms with Crippen molar-refractivity contribution in [2.24, 2.45) is 0 Å². The predicted molar refractivity (Wildman–Crippen MR) is 82.8 cm³/mol. The van der Waals surface area contributed by atoms with E-state index < -0.39 is 5.97 Å². The van der Waals surface area contributed by atoms with Crippen LogP contribution >= 0.6 is 0 Å². The molecular formula is C16H20N2O3. The number of hydrogen-bond acceptors (Lipinski definition) is 5. The number of aliphatic hydroxyl groups excluding tert-OH is 1. The average molecular weight is 288 g/mol. The summed E-state index contributed by atoms with van der Waals surface area (Å²) in [7, 11) is 1.84. The first-order valence-electron chi connectivity index (χ1n) is 6.97. The van der Waals surface area contributed by atoms with E-state index in [1.54, 1.807) is 13.1 Å². The van der Waals surface area contributed by atoms with Gasteiger partial charge in [0, 0.05) is 25.2 Å². The number of aliphatic hydroxyl groups is 1. The van der Waals surface area contributed by atoms with Crippen molar-refractivity contribution in [2.75, 3.05) is 31.7 Å². The molecule has 0 fully saturated rings. The molecule has 0 saturated heterocycles. The molecule has 0 aliphatic heterocycles. The molecule has 1 aromatic carbocycles. The lowest BCUT2D eigenvalue weighted by atomic mass is 10.1. The first-order valence-corrected chi connectivity index (χ1v) is 6.97. The van der Waals surface area contributed by atoms with Gasteiger partial charge in [0.2, 0.25) is 0 Å². The topological polar surface area (TPSA) is 62.7 Å². The number of aryl methyl sites for hydroxylation is 1. The van der Waals surface area contributed by atoms with Crippen LogP contribution in [0.15, 0.2) is 24.4 Å². The lowest BCUT2D eigenvalue weighted by Crippen LogP contribution is -2.24. The highest BCUT2D eigenvalue weighted by atomic mass is 16.5. The molecular weight excluding hydrogens is 268 g/mol. The summed E-state index contributed by atoms with van der Waals surface area (Å²) >= 11 is 0. The number of pyridine rings is 1. The van der Waals surface area contributed by atoms with Crippen molar-refractivity contribution in [2.45, 2.75) is 13.8 Å². The van der Waals surface area contributed by atoms with Crippen molar-refractivity contribution in [3.05, 3.63) is 35.5 Å². The number of carbonyl (C=O) groups is 1. The van der Waals surface area contributed by atoms with Gasteiger partial charge in [-0.15, -0.1) is 0 Å². The molecule has 2 aromatic rings. The largest absolute Gasteiger partial charge is 0.462 e. The fraction of sp³-hybridized carbons (Fsp3) is 0.375. The zero-order valence-corrected chi connectivity index (χ0v) is 12.6. The summed E-state index contributed by atoms with van der Waals surface area (Å²) in [4.78, 5) is 18.3. The van der Waals surface area contributed by atoms with E-state index in [0.29, 0.717) is 18.7 Å². The fourth-order valence-corrected chi connectivity index (χ4v) is 2.32. The molecule has 0 spiro atoms. The summed E-state index contributed by atoms with van der Waals surface area (Å²) in [5.41, 5.74) is 3.07. The lowest BCUT2D eigenvalue weighted by Gasteiger charge is -2.22. The standard InChI is InChI=1S/C16H20N2O3/c1-4-21-16(20)13-10-17-14-6-5-11(2)9-12(14)15(13)18(3)7-8-19/h5-6,9-10,19H,4,7-8H2,1-3H3. The lowest BCUT2D eigenvalue weighted by molar-refractivity contribution is 0.0526. The third-order valence-electron chi connectivity index (χ3n) is 3.31. The second-order valence-corrected chi connectivity index (χ2v) is 4.91. The van der Waals surface area contributed by atoms with Crippen LogP contribution in [0.2, 0.25) is 0 Å². The highest BCUT2D eigenvalue weighted by molar-refractivity contribution is 6.05. The number of fused-ring (bicyclic) bond motifs is 1. The summed E-state index contributed by atoms with van der Waals surface area (Å²) in [6, 6.07) is 5.90. The minimum absolute atomic E-state index is 0.00833. The third kappa shape index (κ3) is 3.13. The summed E-state index contributed by atoms with van der Waals surface area (Å²) in [6.07, 6.45) is 1.54. The van der Waals surface area contributed by atoms with E-state index >= 15 is 0 Å². The monoisotopic (exact) mass is 288 g/mol. The normalized spacial score (nSPS) is 10.7. The van der Waals surface area contributed by atoms with Gasteiger partial charge in [-0.1, -0.05) is 11.6 Å². The zero-order valence-electron chi connectivity index (χ0n) is 12.6. The molecule has 5 nitrogen and oxygen atoms in total. The van der Waals surface area contributed by atoms with Gasteiger partial charge in [0.15, 0.2) is 0 Å². The number of benzene rings is 1. The van der Waals surface area contributed by atoms with Crippen LogP contribution in [0.5, 0.6) is 0 Å². The molecule has 0 unspecified atom stereocenters. The summed E-state index contributed by atoms with van der Waals surface area (Å²) in [6.45, 7) is 4.52. The quantitative estimate of drug-likeness (QED) is 0.854. The summed E-state index contributed by atoms with van der Waals surface area (Å²) in [5.74, 6) is -0.395. The first-order chi connectivity index (χ1) is 10.1. The highest BCUT2D eigenvalue weighted by Gasteiger charge is 2.19. The Hall–Kier alpha value is -2.14. The van der Waals surface area contributed by atoms with Crippen molar-refractivity contribution >= 4 is 22.6 Å². The molecule has 5 heteroatoms. The summed E-state index contributed by atoms with van der Waals surface area (Å²) < 4.78 is 5.11. The van der Waals surface area contributed by atoms with Crippen LogP contribution in [0.1, 0.15) is 22.8 Å². The van der Waals surface area contributed by atoms with Crippen molar-refractivity contribution in [1.29, 1.82) is 0 Å². The number of nitrogens with zero attached hydrogens (tertiary/aromatic N) is 2. The van der Waals surface area contributed by atoms with E-state index in [2.05, 4.69) is 4.98 Å². The molecule has 0 saturated carbocycles. The SMILES string of the molecule is CCOC(=O)c1cnc2ccc(C)cc2c1N(C)CCO. The molecule has 0 radical (unpaired) electrons. The molecule has 0 atom stereocenters. The summed E-state index contributed by atoms with van der Waals surface area (Å²) in [5, 5.41) is 10.1. The van der Waals surface area contributed by atoms with E-state index in [9.17, 15) is 9.90 Å². The molecule has 112 valence electrons. The minimum atomic E-state index is -0.395. The number of ether oxygens (including phenoxy) is 1. The van der Waals surface area contributed by atoms with Crippen molar-refractivity contribution in [1.82, 2.24) is 4.98 Å². The Morgan fingerprint density at radius 3 is 2.86 bits per heavy atom. The van der Waals surface area contributed by atoms with Gasteiger partial charge in [-0.2, -0.15) is 0 Å². The van der Waals surface area contributed by atoms with Crippen molar-refractivity contribution in [3.63, 3.8) is 0 Å². The Bertz CT molecular complexity index is 655. The van der Waals surface area contributed by atoms with E-state index in [0.717, 1.165) is 22.2 Å². The van der Waals surface area contributed by atoms with Crippen LogP contribution in [0.4, 0.5) is 5.69 Å². The molecule has 0 aliphatic carbocycles. The van der Waals surface area contributed by atoms with Gasteiger partial charge >= 0.3 is 5.97 Å². The van der Waals surface area contributed by atoms with E-state index in [-0.39, 0.29) is 6.61 Å². The first kappa shape index (κ1) is 15.3. The molecule has 1 N–H and O–H groups in total. The Kier molecular flexibility index (Phi) is 4.75. The maximum atomic E-state index is 12.2. The molecule has 0 amide bonds. The molecule has 1 aromatic heterocycles. The highest BCUT2D eigenvalue weighted by Crippen LogP contribution is 2.30. The Balaban J connectivity index is 2.67. The smallest absolute Gasteiger partial charge is 0.341 e. The van der Waals surface area contributed by atoms with Crippen LogP contribution < -0.4 is 4.90 Å². The van der Waals surface area contributed by atoms with Gasteiger partial charge in [-0.25, -0.2) is 4.79 Å². The molecule has 0 bridgehead atoms. The number of hydrogen-bond donors (Lipinski definition) is 1. The van der Waals surface area contributed by atoms with Gasteiger partial charge in [0.1, 0.15) is 5.56 Å². The number of aromatic nitrogens is 1. The fourth-order valence-electron chi connectivity index (χ4n) is 2.32.